The maximum atomic E-state index is 11.1. The van der Waals surface area contributed by atoms with Crippen molar-refractivity contribution in [2.24, 2.45) is 23.3 Å². The normalized spacial score (nSPS) is 31.8. The van der Waals surface area contributed by atoms with Gasteiger partial charge >= 0.3 is 0 Å². The molecule has 11 heavy (non-hydrogen) atoms. The van der Waals surface area contributed by atoms with Gasteiger partial charge in [-0.3, -0.25) is 4.79 Å². The van der Waals surface area contributed by atoms with Crippen molar-refractivity contribution in [3.05, 3.63) is 0 Å². The molecule has 5 N–H and O–H groups in total. The van der Waals surface area contributed by atoms with Gasteiger partial charge in [-0.1, -0.05) is 0 Å². The first-order valence-corrected chi connectivity index (χ1v) is 3.81. The van der Waals surface area contributed by atoms with Gasteiger partial charge in [0.2, 0.25) is 0 Å². The van der Waals surface area contributed by atoms with Gasteiger partial charge in [0.1, 0.15) is 5.78 Å². The number of ketones is 1. The van der Waals surface area contributed by atoms with Crippen molar-refractivity contribution in [1.82, 2.24) is 0 Å². The number of nitrogens with two attached hydrogens (primary N) is 2. The van der Waals surface area contributed by atoms with E-state index in [1.165, 1.54) is 0 Å². The third-order valence-electron chi connectivity index (χ3n) is 2.29. The summed E-state index contributed by atoms with van der Waals surface area (Å²) in [5.41, 5.74) is 10.8. The molecule has 0 saturated heterocycles. The van der Waals surface area contributed by atoms with Crippen LogP contribution in [0.4, 0.5) is 0 Å². The number of carbonyl (C=O) groups is 1. The molecule has 2 atom stereocenters. The van der Waals surface area contributed by atoms with Crippen LogP contribution in [0.5, 0.6) is 0 Å². The fraction of sp³-hybridized carbons (Fsp3) is 0.857. The highest BCUT2D eigenvalue weighted by molar-refractivity contribution is 5.84. The summed E-state index contributed by atoms with van der Waals surface area (Å²) in [6.07, 6.45) is 0.633. The maximum absolute atomic E-state index is 11.1. The van der Waals surface area contributed by atoms with Crippen LogP contribution in [0.1, 0.15) is 12.8 Å². The number of Topliss-reactive ketones (excluding diaryl/α,β-unsaturated/α-hetero) is 1. The minimum absolute atomic E-state index is 0.0116. The minimum atomic E-state index is -0.609. The van der Waals surface area contributed by atoms with Gasteiger partial charge in [-0.25, -0.2) is 0 Å². The lowest BCUT2D eigenvalue weighted by atomic mass is 9.94. The Bertz CT molecular complexity index is 159. The van der Waals surface area contributed by atoms with Crippen molar-refractivity contribution >= 4 is 5.78 Å². The maximum Gasteiger partial charge on any atom is 0.139 e. The van der Waals surface area contributed by atoms with Crippen molar-refractivity contribution in [2.45, 2.75) is 19.0 Å². The zero-order valence-corrected chi connectivity index (χ0v) is 6.36. The van der Waals surface area contributed by atoms with Crippen LogP contribution in [0.2, 0.25) is 0 Å². The third kappa shape index (κ3) is 1.58. The average Bonchev–Trinajstić information content (AvgIpc) is 2.30. The van der Waals surface area contributed by atoms with Crippen LogP contribution in [-0.4, -0.2) is 23.7 Å². The fourth-order valence-electron chi connectivity index (χ4n) is 1.67. The molecule has 0 bridgehead atoms. The largest absolute Gasteiger partial charge is 0.396 e. The molecule has 64 valence electrons. The van der Waals surface area contributed by atoms with Crippen LogP contribution in [0.15, 0.2) is 0 Å². The van der Waals surface area contributed by atoms with Gasteiger partial charge in [-0.2, -0.15) is 0 Å². The predicted octanol–water partition coefficient (Wildman–Crippen LogP) is -1.18. The van der Waals surface area contributed by atoms with E-state index in [0.29, 0.717) is 6.42 Å². The molecule has 1 fully saturated rings. The molecule has 0 aliphatic heterocycles. The highest BCUT2D eigenvalue weighted by Crippen LogP contribution is 2.28. The van der Waals surface area contributed by atoms with E-state index in [0.717, 1.165) is 6.42 Å². The molecular weight excluding hydrogens is 144 g/mol. The Morgan fingerprint density at radius 3 is 2.64 bits per heavy atom. The van der Waals surface area contributed by atoms with E-state index in [9.17, 15) is 4.79 Å². The van der Waals surface area contributed by atoms with E-state index in [4.69, 9.17) is 16.6 Å². The Labute approximate surface area is 65.6 Å². The number of aliphatic hydroxyl groups is 1. The second-order valence-electron chi connectivity index (χ2n) is 3.05. The van der Waals surface area contributed by atoms with Crippen molar-refractivity contribution in [1.29, 1.82) is 0 Å². The summed E-state index contributed by atoms with van der Waals surface area (Å²) in [6.45, 7) is 0.0152. The third-order valence-corrected chi connectivity index (χ3v) is 2.29. The first-order chi connectivity index (χ1) is 5.16. The van der Waals surface area contributed by atoms with Crippen molar-refractivity contribution in [3.8, 4) is 0 Å². The van der Waals surface area contributed by atoms with Crippen molar-refractivity contribution < 1.29 is 9.90 Å². The molecule has 1 aliphatic rings. The van der Waals surface area contributed by atoms with Gasteiger partial charge < -0.3 is 16.6 Å². The Kier molecular flexibility index (Phi) is 2.59. The molecule has 4 heteroatoms. The molecule has 4 nitrogen and oxygen atoms in total. The smallest absolute Gasteiger partial charge is 0.139 e. The van der Waals surface area contributed by atoms with E-state index in [2.05, 4.69) is 0 Å². The van der Waals surface area contributed by atoms with Crippen LogP contribution >= 0.6 is 0 Å². The lowest BCUT2D eigenvalue weighted by molar-refractivity contribution is -0.122. The average molecular weight is 158 g/mol. The van der Waals surface area contributed by atoms with Crippen LogP contribution in [0, 0.1) is 11.8 Å². The van der Waals surface area contributed by atoms with Gasteiger partial charge in [0.15, 0.2) is 0 Å². The van der Waals surface area contributed by atoms with Gasteiger partial charge in [0.05, 0.1) is 12.1 Å². The quantitative estimate of drug-likeness (QED) is 0.441. The predicted molar refractivity (Wildman–Crippen MR) is 40.5 cm³/mol. The first kappa shape index (κ1) is 8.64. The lowest BCUT2D eigenvalue weighted by Crippen LogP contribution is -2.44. The van der Waals surface area contributed by atoms with Crippen molar-refractivity contribution in [2.75, 3.05) is 6.61 Å². The summed E-state index contributed by atoms with van der Waals surface area (Å²) in [5, 5.41) is 8.84. The van der Waals surface area contributed by atoms with Gasteiger partial charge in [0, 0.05) is 13.0 Å². The zero-order chi connectivity index (χ0) is 8.43. The number of rotatable bonds is 2. The van der Waals surface area contributed by atoms with E-state index < -0.39 is 6.17 Å². The minimum Gasteiger partial charge on any atom is -0.396 e. The fourth-order valence-corrected chi connectivity index (χ4v) is 1.67. The highest BCUT2D eigenvalue weighted by Gasteiger charge is 2.36. The zero-order valence-electron chi connectivity index (χ0n) is 6.36. The SMILES string of the molecule is NC(N)C1C(=O)CCC1CO. The van der Waals surface area contributed by atoms with Gasteiger partial charge in [-0.05, 0) is 12.3 Å². The molecule has 0 radical (unpaired) electrons. The number of aliphatic hydroxyl groups excluding tert-OH is 1. The first-order valence-electron chi connectivity index (χ1n) is 3.81. The number of carbonyl (C=O) groups excluding carboxylic acids is 1. The molecule has 0 heterocycles. The molecule has 0 aromatic rings. The summed E-state index contributed by atoms with van der Waals surface area (Å²) in [6, 6.07) is 0. The summed E-state index contributed by atoms with van der Waals surface area (Å²) in [4.78, 5) is 11.1. The van der Waals surface area contributed by atoms with E-state index >= 15 is 0 Å². The summed E-state index contributed by atoms with van der Waals surface area (Å²) < 4.78 is 0. The molecule has 1 saturated carbocycles. The van der Waals surface area contributed by atoms with Gasteiger partial charge in [0.25, 0.3) is 0 Å². The summed E-state index contributed by atoms with van der Waals surface area (Å²) >= 11 is 0. The molecule has 0 amide bonds. The second kappa shape index (κ2) is 3.30. The molecule has 0 spiro atoms. The molecule has 1 aliphatic carbocycles. The molecular formula is C7H14N2O2. The molecule has 1 rings (SSSR count). The lowest BCUT2D eigenvalue weighted by Gasteiger charge is -2.18. The van der Waals surface area contributed by atoms with Crippen LogP contribution < -0.4 is 11.5 Å². The van der Waals surface area contributed by atoms with Crippen LogP contribution in [0.25, 0.3) is 0 Å². The highest BCUT2D eigenvalue weighted by atomic mass is 16.3. The number of hydrogen-bond acceptors (Lipinski definition) is 4. The molecule has 2 unspecified atom stereocenters. The topological polar surface area (TPSA) is 89.3 Å². The van der Waals surface area contributed by atoms with Gasteiger partial charge in [-0.15, -0.1) is 0 Å². The Morgan fingerprint density at radius 2 is 2.27 bits per heavy atom. The summed E-state index contributed by atoms with van der Waals surface area (Å²) in [7, 11) is 0. The van der Waals surface area contributed by atoms with E-state index in [1.807, 2.05) is 0 Å². The Morgan fingerprint density at radius 1 is 1.64 bits per heavy atom. The Balaban J connectivity index is 2.63. The monoisotopic (exact) mass is 158 g/mol. The van der Waals surface area contributed by atoms with E-state index in [-0.39, 0.29) is 24.2 Å². The molecule has 0 aromatic heterocycles. The van der Waals surface area contributed by atoms with Crippen LogP contribution in [-0.2, 0) is 4.79 Å². The number of hydrogen-bond donors (Lipinski definition) is 3. The van der Waals surface area contributed by atoms with Crippen molar-refractivity contribution in [3.63, 3.8) is 0 Å². The van der Waals surface area contributed by atoms with Crippen LogP contribution in [0.3, 0.4) is 0 Å². The standard InChI is InChI=1S/C7H14N2O2/c8-7(9)6-4(3-10)1-2-5(6)11/h4,6-7,10H,1-3,8-9H2. The van der Waals surface area contributed by atoms with E-state index in [1.54, 1.807) is 0 Å². The Hall–Kier alpha value is -0.450. The summed E-state index contributed by atoms with van der Waals surface area (Å²) in [5.74, 6) is -0.235. The molecule has 0 aromatic carbocycles. The second-order valence-corrected chi connectivity index (χ2v) is 3.05.